The predicted molar refractivity (Wildman–Crippen MR) is 75.9 cm³/mol. The van der Waals surface area contributed by atoms with E-state index in [-0.39, 0.29) is 17.5 Å². The first-order valence-corrected chi connectivity index (χ1v) is 7.14. The fourth-order valence-corrected chi connectivity index (χ4v) is 2.24. The zero-order valence-corrected chi connectivity index (χ0v) is 12.5. The maximum Gasteiger partial charge on any atom is 0.315 e. The Hall–Kier alpha value is -1.26. The van der Waals surface area contributed by atoms with Gasteiger partial charge in [0.2, 0.25) is 5.91 Å². The number of hydrogen-bond acceptors (Lipinski definition) is 2. The average Bonchev–Trinajstić information content (AvgIpc) is 2.76. The molecule has 0 heterocycles. The quantitative estimate of drug-likeness (QED) is 0.728. The second-order valence-corrected chi connectivity index (χ2v) is 6.47. The van der Waals surface area contributed by atoms with Crippen LogP contribution in [-0.2, 0) is 4.79 Å². The molecule has 0 saturated heterocycles. The Kier molecular flexibility index (Phi) is 5.63. The smallest absolute Gasteiger partial charge is 0.315 e. The normalized spacial score (nSPS) is 17.9. The summed E-state index contributed by atoms with van der Waals surface area (Å²) < 4.78 is 0. The molecule has 1 aliphatic carbocycles. The zero-order valence-electron chi connectivity index (χ0n) is 12.5. The van der Waals surface area contributed by atoms with Crippen LogP contribution in [0.2, 0.25) is 0 Å². The lowest BCUT2D eigenvalue weighted by Crippen LogP contribution is -2.53. The molecule has 1 rings (SSSR count). The molecule has 110 valence electrons. The van der Waals surface area contributed by atoms with Crippen molar-refractivity contribution in [2.24, 2.45) is 5.92 Å². The number of carbonyl (C=O) groups is 2. The van der Waals surface area contributed by atoms with Crippen molar-refractivity contribution in [3.8, 4) is 0 Å². The highest BCUT2D eigenvalue weighted by Crippen LogP contribution is 2.23. The van der Waals surface area contributed by atoms with Gasteiger partial charge < -0.3 is 16.0 Å². The van der Waals surface area contributed by atoms with E-state index in [1.165, 1.54) is 25.7 Å². The summed E-state index contributed by atoms with van der Waals surface area (Å²) >= 11 is 0. The van der Waals surface area contributed by atoms with Gasteiger partial charge in [-0.3, -0.25) is 4.79 Å². The van der Waals surface area contributed by atoms with Gasteiger partial charge in [0.1, 0.15) is 6.04 Å². The van der Waals surface area contributed by atoms with E-state index in [1.807, 2.05) is 20.8 Å². The van der Waals surface area contributed by atoms with Crippen LogP contribution in [0.1, 0.15) is 53.4 Å². The molecule has 0 spiro atoms. The Bertz CT molecular complexity index is 317. The van der Waals surface area contributed by atoms with E-state index in [0.717, 1.165) is 0 Å². The van der Waals surface area contributed by atoms with Crippen LogP contribution in [0.25, 0.3) is 0 Å². The average molecular weight is 269 g/mol. The van der Waals surface area contributed by atoms with Crippen molar-refractivity contribution in [2.45, 2.75) is 65.0 Å². The highest BCUT2D eigenvalue weighted by atomic mass is 16.2. The van der Waals surface area contributed by atoms with Crippen LogP contribution in [0, 0.1) is 5.92 Å². The monoisotopic (exact) mass is 269 g/mol. The van der Waals surface area contributed by atoms with Crippen molar-refractivity contribution in [2.75, 3.05) is 6.54 Å². The topological polar surface area (TPSA) is 70.2 Å². The molecule has 0 aromatic heterocycles. The first-order valence-electron chi connectivity index (χ1n) is 7.14. The van der Waals surface area contributed by atoms with Crippen LogP contribution >= 0.6 is 0 Å². The zero-order chi connectivity index (χ0) is 14.5. The summed E-state index contributed by atoms with van der Waals surface area (Å²) in [4.78, 5) is 23.5. The molecule has 1 aliphatic rings. The van der Waals surface area contributed by atoms with E-state index in [2.05, 4.69) is 16.0 Å². The molecule has 0 radical (unpaired) electrons. The minimum atomic E-state index is -0.525. The molecule has 1 atom stereocenters. The van der Waals surface area contributed by atoms with Gasteiger partial charge in [-0.15, -0.1) is 0 Å². The summed E-state index contributed by atoms with van der Waals surface area (Å²) in [5.41, 5.74) is -0.284. The van der Waals surface area contributed by atoms with Gasteiger partial charge in [0.05, 0.1) is 0 Å². The molecule has 1 saturated carbocycles. The third kappa shape index (κ3) is 6.45. The third-order valence-electron chi connectivity index (χ3n) is 3.27. The largest absolute Gasteiger partial charge is 0.350 e. The molecule has 0 bridgehead atoms. The maximum absolute atomic E-state index is 11.8. The van der Waals surface area contributed by atoms with Crippen molar-refractivity contribution in [1.82, 2.24) is 16.0 Å². The lowest BCUT2D eigenvalue weighted by Gasteiger charge is -2.23. The molecule has 0 aromatic rings. The first kappa shape index (κ1) is 15.8. The predicted octanol–water partition coefficient (Wildman–Crippen LogP) is 1.78. The number of nitrogens with one attached hydrogen (secondary N) is 3. The van der Waals surface area contributed by atoms with Crippen molar-refractivity contribution in [1.29, 1.82) is 0 Å². The van der Waals surface area contributed by atoms with E-state index >= 15 is 0 Å². The molecule has 1 fully saturated rings. The second kappa shape index (κ2) is 6.78. The van der Waals surface area contributed by atoms with Gasteiger partial charge in [-0.25, -0.2) is 4.79 Å². The van der Waals surface area contributed by atoms with Crippen LogP contribution < -0.4 is 16.0 Å². The Morgan fingerprint density at radius 1 is 1.21 bits per heavy atom. The summed E-state index contributed by atoms with van der Waals surface area (Å²) in [6.07, 6.45) is 4.91. The molecule has 19 heavy (non-hydrogen) atoms. The lowest BCUT2D eigenvalue weighted by molar-refractivity contribution is -0.123. The van der Waals surface area contributed by atoms with Gasteiger partial charge in [-0.1, -0.05) is 12.8 Å². The van der Waals surface area contributed by atoms with E-state index in [0.29, 0.717) is 12.5 Å². The molecule has 0 aromatic carbocycles. The second-order valence-electron chi connectivity index (χ2n) is 6.47. The number of hydrogen-bond donors (Lipinski definition) is 3. The highest BCUT2D eigenvalue weighted by Gasteiger charge is 2.21. The number of rotatable bonds is 4. The third-order valence-corrected chi connectivity index (χ3v) is 3.27. The van der Waals surface area contributed by atoms with Crippen LogP contribution in [0.4, 0.5) is 4.79 Å². The van der Waals surface area contributed by atoms with Crippen molar-refractivity contribution >= 4 is 11.9 Å². The summed E-state index contributed by atoms with van der Waals surface area (Å²) in [6, 6.07) is -0.786. The minimum Gasteiger partial charge on any atom is -0.350 e. The summed E-state index contributed by atoms with van der Waals surface area (Å²) in [6.45, 7) is 8.14. The van der Waals surface area contributed by atoms with E-state index in [9.17, 15) is 9.59 Å². The van der Waals surface area contributed by atoms with Gasteiger partial charge in [-0.2, -0.15) is 0 Å². The van der Waals surface area contributed by atoms with E-state index in [1.54, 1.807) is 6.92 Å². The summed E-state index contributed by atoms with van der Waals surface area (Å²) in [5, 5.41) is 8.35. The molecule has 5 nitrogen and oxygen atoms in total. The Morgan fingerprint density at radius 3 is 2.32 bits per heavy atom. The number of carbonyl (C=O) groups excluding carboxylic acids is 2. The van der Waals surface area contributed by atoms with E-state index in [4.69, 9.17) is 0 Å². The fraction of sp³-hybridized carbons (Fsp3) is 0.857. The van der Waals surface area contributed by atoms with Crippen LogP contribution in [0.5, 0.6) is 0 Å². The Morgan fingerprint density at radius 2 is 1.79 bits per heavy atom. The Balaban J connectivity index is 2.24. The van der Waals surface area contributed by atoms with Crippen LogP contribution in [-0.4, -0.2) is 30.1 Å². The summed E-state index contributed by atoms with van der Waals surface area (Å²) in [5.74, 6) is 0.438. The molecule has 0 aliphatic heterocycles. The standard InChI is InChI=1S/C14H27N3O2/c1-10(12(18)17-14(2,3)4)16-13(19)15-9-11-7-5-6-8-11/h10-11H,5-9H2,1-4H3,(H,17,18)(H2,15,16,19). The molecule has 5 heteroatoms. The molecule has 3 amide bonds. The van der Waals surface area contributed by atoms with Crippen molar-refractivity contribution in [3.63, 3.8) is 0 Å². The number of urea groups is 1. The van der Waals surface area contributed by atoms with Crippen LogP contribution in [0.15, 0.2) is 0 Å². The molecular weight excluding hydrogens is 242 g/mol. The van der Waals surface area contributed by atoms with Crippen molar-refractivity contribution < 1.29 is 9.59 Å². The van der Waals surface area contributed by atoms with Crippen molar-refractivity contribution in [3.05, 3.63) is 0 Å². The summed E-state index contributed by atoms with van der Waals surface area (Å²) in [7, 11) is 0. The van der Waals surface area contributed by atoms with E-state index < -0.39 is 6.04 Å². The fourth-order valence-electron chi connectivity index (χ4n) is 2.24. The molecule has 1 unspecified atom stereocenters. The van der Waals surface area contributed by atoms with Gasteiger partial charge in [-0.05, 0) is 46.5 Å². The minimum absolute atomic E-state index is 0.163. The van der Waals surface area contributed by atoms with Gasteiger partial charge in [0, 0.05) is 12.1 Å². The highest BCUT2D eigenvalue weighted by molar-refractivity contribution is 5.87. The van der Waals surface area contributed by atoms with Gasteiger partial charge >= 0.3 is 6.03 Å². The number of amides is 3. The van der Waals surface area contributed by atoms with Gasteiger partial charge in [0.25, 0.3) is 0 Å². The lowest BCUT2D eigenvalue weighted by atomic mass is 10.1. The molecular formula is C14H27N3O2. The molecule has 3 N–H and O–H groups in total. The Labute approximate surface area is 115 Å². The van der Waals surface area contributed by atoms with Gasteiger partial charge in [0.15, 0.2) is 0 Å². The first-order chi connectivity index (χ1) is 8.78. The SMILES string of the molecule is CC(NC(=O)NCC1CCCC1)C(=O)NC(C)(C)C. The van der Waals surface area contributed by atoms with Crippen LogP contribution in [0.3, 0.4) is 0 Å². The maximum atomic E-state index is 11.8.